The molecule has 0 radical (unpaired) electrons. The first kappa shape index (κ1) is 13.9. The van der Waals surface area contributed by atoms with Gasteiger partial charge in [-0.2, -0.15) is 0 Å². The highest BCUT2D eigenvalue weighted by Crippen LogP contribution is 2.26. The van der Waals surface area contributed by atoms with Crippen LogP contribution in [0.5, 0.6) is 5.75 Å². The van der Waals surface area contributed by atoms with E-state index in [4.69, 9.17) is 4.74 Å². The lowest BCUT2D eigenvalue weighted by atomic mass is 10.0. The Morgan fingerprint density at radius 3 is 2.41 bits per heavy atom. The van der Waals surface area contributed by atoms with Crippen molar-refractivity contribution in [3.05, 3.63) is 29.3 Å². The number of benzene rings is 1. The molecule has 0 saturated heterocycles. The number of hydrogen-bond acceptors (Lipinski definition) is 2. The molecule has 0 amide bonds. The van der Waals surface area contributed by atoms with E-state index in [0.717, 1.165) is 16.9 Å². The van der Waals surface area contributed by atoms with Crippen LogP contribution in [0.15, 0.2) is 18.2 Å². The highest BCUT2D eigenvalue weighted by molar-refractivity contribution is 5.38. The van der Waals surface area contributed by atoms with E-state index in [1.165, 1.54) is 6.92 Å². The van der Waals surface area contributed by atoms with Gasteiger partial charge in [-0.25, -0.2) is 8.78 Å². The Labute approximate surface area is 101 Å². The van der Waals surface area contributed by atoms with Gasteiger partial charge in [0.05, 0.1) is 13.2 Å². The molecule has 2 nitrogen and oxygen atoms in total. The van der Waals surface area contributed by atoms with Crippen LogP contribution in [-0.2, 0) is 0 Å². The van der Waals surface area contributed by atoms with Gasteiger partial charge in [0.25, 0.3) is 6.43 Å². The minimum atomic E-state index is -2.37. The Kier molecular flexibility index (Phi) is 4.87. The normalized spacial score (nSPS) is 14.8. The van der Waals surface area contributed by atoms with Gasteiger partial charge in [0.15, 0.2) is 0 Å². The topological polar surface area (TPSA) is 21.3 Å². The van der Waals surface area contributed by atoms with Crippen molar-refractivity contribution in [2.75, 3.05) is 7.11 Å². The molecule has 0 aliphatic rings. The van der Waals surface area contributed by atoms with Crippen LogP contribution >= 0.6 is 0 Å². The zero-order valence-electron chi connectivity index (χ0n) is 10.6. The first-order chi connectivity index (χ1) is 7.95. The number of methoxy groups -OCH3 is 1. The molecule has 2 atom stereocenters. The molecular formula is C13H19F2NO. The maximum Gasteiger partial charge on any atom is 0.253 e. The third kappa shape index (κ3) is 3.66. The average molecular weight is 243 g/mol. The molecule has 17 heavy (non-hydrogen) atoms. The summed E-state index contributed by atoms with van der Waals surface area (Å²) in [6.45, 7) is 5.30. The highest BCUT2D eigenvalue weighted by Gasteiger charge is 2.19. The van der Waals surface area contributed by atoms with Crippen molar-refractivity contribution in [1.29, 1.82) is 0 Å². The number of nitrogens with one attached hydrogen (secondary N) is 1. The lowest BCUT2D eigenvalue weighted by Gasteiger charge is -2.21. The molecule has 1 aromatic carbocycles. The Morgan fingerprint density at radius 2 is 1.88 bits per heavy atom. The molecule has 96 valence electrons. The van der Waals surface area contributed by atoms with Gasteiger partial charge >= 0.3 is 0 Å². The summed E-state index contributed by atoms with van der Waals surface area (Å²) in [5.74, 6) is 0.720. The molecule has 0 aliphatic carbocycles. The quantitative estimate of drug-likeness (QED) is 0.856. The van der Waals surface area contributed by atoms with E-state index in [1.54, 1.807) is 7.11 Å². The second-order valence-electron chi connectivity index (χ2n) is 4.26. The van der Waals surface area contributed by atoms with Gasteiger partial charge in [-0.05, 0) is 26.8 Å². The smallest absolute Gasteiger partial charge is 0.253 e. The summed E-state index contributed by atoms with van der Waals surface area (Å²) in [4.78, 5) is 0. The molecule has 0 heterocycles. The Morgan fingerprint density at radius 1 is 1.24 bits per heavy atom. The molecule has 0 aromatic heterocycles. The van der Waals surface area contributed by atoms with Crippen molar-refractivity contribution >= 4 is 0 Å². The predicted octanol–water partition coefficient (Wildman–Crippen LogP) is 3.31. The number of ether oxygens (including phenoxy) is 1. The zero-order chi connectivity index (χ0) is 13.0. The van der Waals surface area contributed by atoms with Crippen molar-refractivity contribution in [2.24, 2.45) is 0 Å². The first-order valence-electron chi connectivity index (χ1n) is 5.64. The van der Waals surface area contributed by atoms with E-state index in [1.807, 2.05) is 32.0 Å². The molecule has 2 unspecified atom stereocenters. The number of aryl methyl sites for hydroxylation is 1. The fraction of sp³-hybridized carbons (Fsp3) is 0.538. The zero-order valence-corrected chi connectivity index (χ0v) is 10.6. The SMILES string of the molecule is COc1ccc(C)cc1C(C)NC(C)C(F)F. The Hall–Kier alpha value is -1.16. The van der Waals surface area contributed by atoms with Crippen LogP contribution in [0.1, 0.15) is 31.0 Å². The lowest BCUT2D eigenvalue weighted by molar-refractivity contribution is 0.101. The van der Waals surface area contributed by atoms with Gasteiger partial charge in [-0.15, -0.1) is 0 Å². The summed E-state index contributed by atoms with van der Waals surface area (Å²) in [6, 6.07) is 4.74. The van der Waals surface area contributed by atoms with E-state index in [9.17, 15) is 8.78 Å². The van der Waals surface area contributed by atoms with Crippen LogP contribution < -0.4 is 10.1 Å². The summed E-state index contributed by atoms with van der Waals surface area (Å²) in [6.07, 6.45) is -2.37. The van der Waals surface area contributed by atoms with Crippen LogP contribution in [0, 0.1) is 6.92 Å². The van der Waals surface area contributed by atoms with E-state index in [-0.39, 0.29) is 6.04 Å². The predicted molar refractivity (Wildman–Crippen MR) is 64.7 cm³/mol. The summed E-state index contributed by atoms with van der Waals surface area (Å²) in [5, 5.41) is 2.87. The first-order valence-corrected chi connectivity index (χ1v) is 5.64. The minimum Gasteiger partial charge on any atom is -0.496 e. The fourth-order valence-electron chi connectivity index (χ4n) is 1.75. The Bertz CT molecular complexity index is 368. The second kappa shape index (κ2) is 5.96. The fourth-order valence-corrected chi connectivity index (χ4v) is 1.75. The van der Waals surface area contributed by atoms with Crippen molar-refractivity contribution in [3.63, 3.8) is 0 Å². The molecule has 0 fully saturated rings. The van der Waals surface area contributed by atoms with Crippen LogP contribution in [0.4, 0.5) is 8.78 Å². The van der Waals surface area contributed by atoms with Gasteiger partial charge in [-0.1, -0.05) is 17.7 Å². The number of alkyl halides is 2. The number of rotatable bonds is 5. The van der Waals surface area contributed by atoms with Crippen molar-refractivity contribution in [2.45, 2.75) is 39.3 Å². The summed E-state index contributed by atoms with van der Waals surface area (Å²) >= 11 is 0. The highest BCUT2D eigenvalue weighted by atomic mass is 19.3. The molecular weight excluding hydrogens is 224 g/mol. The van der Waals surface area contributed by atoms with E-state index in [2.05, 4.69) is 5.32 Å². The largest absolute Gasteiger partial charge is 0.496 e. The Balaban J connectivity index is 2.87. The van der Waals surface area contributed by atoms with Gasteiger partial charge in [0.1, 0.15) is 5.75 Å². The number of halogens is 2. The van der Waals surface area contributed by atoms with Crippen LogP contribution in [0.3, 0.4) is 0 Å². The van der Waals surface area contributed by atoms with Crippen molar-refractivity contribution in [1.82, 2.24) is 5.32 Å². The summed E-state index contributed by atoms with van der Waals surface area (Å²) in [7, 11) is 1.58. The molecule has 4 heteroatoms. The molecule has 1 aromatic rings. The minimum absolute atomic E-state index is 0.172. The van der Waals surface area contributed by atoms with Crippen molar-refractivity contribution < 1.29 is 13.5 Å². The van der Waals surface area contributed by atoms with Gasteiger partial charge < -0.3 is 10.1 Å². The molecule has 0 spiro atoms. The van der Waals surface area contributed by atoms with Crippen molar-refractivity contribution in [3.8, 4) is 5.75 Å². The summed E-state index contributed by atoms with van der Waals surface area (Å²) in [5.41, 5.74) is 1.99. The maximum atomic E-state index is 12.5. The summed E-state index contributed by atoms with van der Waals surface area (Å²) < 4.78 is 30.2. The van der Waals surface area contributed by atoms with E-state index < -0.39 is 12.5 Å². The number of hydrogen-bond donors (Lipinski definition) is 1. The van der Waals surface area contributed by atoms with Crippen LogP contribution in [-0.4, -0.2) is 19.6 Å². The monoisotopic (exact) mass is 243 g/mol. The van der Waals surface area contributed by atoms with Crippen LogP contribution in [0.2, 0.25) is 0 Å². The molecule has 0 bridgehead atoms. The van der Waals surface area contributed by atoms with E-state index >= 15 is 0 Å². The van der Waals surface area contributed by atoms with Gasteiger partial charge in [0.2, 0.25) is 0 Å². The lowest BCUT2D eigenvalue weighted by Crippen LogP contribution is -2.34. The third-order valence-electron chi connectivity index (χ3n) is 2.74. The molecule has 0 saturated carbocycles. The molecule has 0 aliphatic heterocycles. The van der Waals surface area contributed by atoms with Crippen LogP contribution in [0.25, 0.3) is 0 Å². The molecule has 1 rings (SSSR count). The maximum absolute atomic E-state index is 12.5. The van der Waals surface area contributed by atoms with Gasteiger partial charge in [0, 0.05) is 11.6 Å². The third-order valence-corrected chi connectivity index (χ3v) is 2.74. The van der Waals surface area contributed by atoms with E-state index in [0.29, 0.717) is 0 Å². The average Bonchev–Trinajstić information content (AvgIpc) is 2.28. The standard InChI is InChI=1S/C13H19F2NO/c1-8-5-6-12(17-4)11(7-8)9(2)16-10(3)13(14)15/h5-7,9-10,13,16H,1-4H3. The molecule has 1 N–H and O–H groups in total. The van der Waals surface area contributed by atoms with Gasteiger partial charge in [-0.3, -0.25) is 0 Å². The second-order valence-corrected chi connectivity index (χ2v) is 4.26.